The van der Waals surface area contributed by atoms with Gasteiger partial charge in [0.15, 0.2) is 0 Å². The molecule has 0 amide bonds. The third-order valence-electron chi connectivity index (χ3n) is 4.11. The quantitative estimate of drug-likeness (QED) is 0.714. The molecule has 3 rings (SSSR count). The normalized spacial score (nSPS) is 20.0. The van der Waals surface area contributed by atoms with E-state index in [9.17, 15) is 17.6 Å². The van der Waals surface area contributed by atoms with Gasteiger partial charge in [0.2, 0.25) is 0 Å². The second-order valence-electron chi connectivity index (χ2n) is 5.80. The highest BCUT2D eigenvalue weighted by Crippen LogP contribution is 2.49. The second kappa shape index (κ2) is 6.72. The average molecular weight is 407 g/mol. The van der Waals surface area contributed by atoms with Gasteiger partial charge < -0.3 is 10.6 Å². The first-order chi connectivity index (χ1) is 12.2. The Kier molecular flexibility index (Phi) is 4.90. The number of oxime groups is 1. The molecule has 2 aromatic carbocycles. The Hall–Kier alpha value is -1.83. The summed E-state index contributed by atoms with van der Waals surface area (Å²) < 4.78 is 55.3. The van der Waals surface area contributed by atoms with Gasteiger partial charge in [-0.1, -0.05) is 34.4 Å². The summed E-state index contributed by atoms with van der Waals surface area (Å²) in [6.07, 6.45) is -5.40. The standard InChI is InChI=1S/C17H12Cl2F4N2O/c18-12-4-11(5-13(19)6-12)16(17(21,22)23)7-15(25-26-16)9-1-2-14(20)10(3-9)8-24/h1-6H,7-8,24H2. The van der Waals surface area contributed by atoms with Crippen LogP contribution in [0.1, 0.15) is 23.1 Å². The van der Waals surface area contributed by atoms with Crippen molar-refractivity contribution in [3.63, 3.8) is 0 Å². The minimum Gasteiger partial charge on any atom is -0.374 e. The molecule has 0 fully saturated rings. The van der Waals surface area contributed by atoms with Gasteiger partial charge in [0.1, 0.15) is 5.82 Å². The second-order valence-corrected chi connectivity index (χ2v) is 6.67. The van der Waals surface area contributed by atoms with Gasteiger partial charge in [-0.2, -0.15) is 13.2 Å². The van der Waals surface area contributed by atoms with Gasteiger partial charge in [-0.05, 0) is 35.9 Å². The number of alkyl halides is 3. The van der Waals surface area contributed by atoms with Crippen LogP contribution in [0.15, 0.2) is 41.6 Å². The number of nitrogens with zero attached hydrogens (tertiary/aromatic N) is 1. The Morgan fingerprint density at radius 2 is 1.77 bits per heavy atom. The van der Waals surface area contributed by atoms with E-state index in [1.807, 2.05) is 0 Å². The van der Waals surface area contributed by atoms with Gasteiger partial charge in [-0.25, -0.2) is 4.39 Å². The van der Waals surface area contributed by atoms with Crippen molar-refractivity contribution >= 4 is 28.9 Å². The zero-order valence-corrected chi connectivity index (χ0v) is 14.6. The van der Waals surface area contributed by atoms with E-state index in [2.05, 4.69) is 5.16 Å². The summed E-state index contributed by atoms with van der Waals surface area (Å²) in [5, 5.41) is 3.70. The zero-order valence-electron chi connectivity index (χ0n) is 13.1. The van der Waals surface area contributed by atoms with E-state index in [4.69, 9.17) is 33.8 Å². The number of rotatable bonds is 3. The molecule has 0 aliphatic carbocycles. The molecule has 1 aliphatic rings. The Morgan fingerprint density at radius 1 is 1.12 bits per heavy atom. The first kappa shape index (κ1) is 18.9. The van der Waals surface area contributed by atoms with Crippen molar-refractivity contribution in [1.82, 2.24) is 0 Å². The summed E-state index contributed by atoms with van der Waals surface area (Å²) in [7, 11) is 0. The predicted octanol–water partition coefficient (Wildman–Crippen LogP) is 5.17. The van der Waals surface area contributed by atoms with Crippen LogP contribution in [-0.2, 0) is 17.0 Å². The molecular formula is C17H12Cl2F4N2O. The first-order valence-corrected chi connectivity index (χ1v) is 8.19. The smallest absolute Gasteiger partial charge is 0.374 e. The van der Waals surface area contributed by atoms with Gasteiger partial charge in [0, 0.05) is 34.1 Å². The van der Waals surface area contributed by atoms with Crippen LogP contribution in [-0.4, -0.2) is 11.9 Å². The molecule has 138 valence electrons. The van der Waals surface area contributed by atoms with E-state index < -0.39 is 24.0 Å². The van der Waals surface area contributed by atoms with Crippen molar-refractivity contribution in [3.8, 4) is 0 Å². The van der Waals surface area contributed by atoms with E-state index in [-0.39, 0.29) is 33.4 Å². The van der Waals surface area contributed by atoms with Crippen molar-refractivity contribution in [1.29, 1.82) is 0 Å². The van der Waals surface area contributed by atoms with Crippen LogP contribution in [0, 0.1) is 5.82 Å². The molecule has 0 saturated heterocycles. The highest BCUT2D eigenvalue weighted by Gasteiger charge is 2.62. The minimum absolute atomic E-state index is 0.0214. The summed E-state index contributed by atoms with van der Waals surface area (Å²) >= 11 is 11.7. The summed E-state index contributed by atoms with van der Waals surface area (Å²) in [5.41, 5.74) is 2.94. The fourth-order valence-corrected chi connectivity index (χ4v) is 3.28. The van der Waals surface area contributed by atoms with Crippen LogP contribution in [0.4, 0.5) is 17.6 Å². The van der Waals surface area contributed by atoms with Crippen molar-refractivity contribution in [2.24, 2.45) is 10.9 Å². The van der Waals surface area contributed by atoms with E-state index in [0.29, 0.717) is 5.56 Å². The lowest BCUT2D eigenvalue weighted by atomic mass is 9.86. The third kappa shape index (κ3) is 3.26. The highest BCUT2D eigenvalue weighted by molar-refractivity contribution is 6.34. The molecule has 2 aromatic rings. The van der Waals surface area contributed by atoms with E-state index in [1.165, 1.54) is 18.2 Å². The number of hydrogen-bond donors (Lipinski definition) is 1. The first-order valence-electron chi connectivity index (χ1n) is 7.43. The molecule has 1 unspecified atom stereocenters. The fraction of sp³-hybridized carbons (Fsp3) is 0.235. The molecule has 2 N–H and O–H groups in total. The molecule has 1 heterocycles. The Labute approximate surface area is 156 Å². The van der Waals surface area contributed by atoms with Gasteiger partial charge in [0.05, 0.1) is 5.71 Å². The SMILES string of the molecule is NCc1cc(C2=NOC(c3cc(Cl)cc(Cl)c3)(C(F)(F)F)C2)ccc1F. The Bertz CT molecular complexity index is 865. The molecule has 0 bridgehead atoms. The predicted molar refractivity (Wildman–Crippen MR) is 90.7 cm³/mol. The third-order valence-corrected chi connectivity index (χ3v) is 4.55. The van der Waals surface area contributed by atoms with Crippen LogP contribution >= 0.6 is 23.2 Å². The minimum atomic E-state index is -4.79. The molecule has 26 heavy (non-hydrogen) atoms. The van der Waals surface area contributed by atoms with E-state index in [1.54, 1.807) is 0 Å². The molecule has 0 aromatic heterocycles. The molecule has 9 heteroatoms. The number of hydrogen-bond acceptors (Lipinski definition) is 3. The van der Waals surface area contributed by atoms with Crippen molar-refractivity contribution in [2.75, 3.05) is 0 Å². The molecule has 0 spiro atoms. The molecule has 0 radical (unpaired) electrons. The lowest BCUT2D eigenvalue weighted by molar-refractivity contribution is -0.275. The van der Waals surface area contributed by atoms with Crippen LogP contribution in [0.3, 0.4) is 0 Å². The van der Waals surface area contributed by atoms with Crippen LogP contribution in [0.5, 0.6) is 0 Å². The molecular weight excluding hydrogens is 395 g/mol. The van der Waals surface area contributed by atoms with Gasteiger partial charge in [0.25, 0.3) is 5.60 Å². The lowest BCUT2D eigenvalue weighted by Crippen LogP contribution is -2.42. The van der Waals surface area contributed by atoms with Crippen LogP contribution in [0.2, 0.25) is 10.0 Å². The molecule has 1 atom stereocenters. The van der Waals surface area contributed by atoms with Crippen molar-refractivity contribution in [3.05, 3.63) is 69.0 Å². The summed E-state index contributed by atoms with van der Waals surface area (Å²) in [6, 6.07) is 7.40. The monoisotopic (exact) mass is 406 g/mol. The molecule has 0 saturated carbocycles. The number of benzene rings is 2. The maximum absolute atomic E-state index is 13.9. The van der Waals surface area contributed by atoms with Gasteiger partial charge in [-0.3, -0.25) is 0 Å². The summed E-state index contributed by atoms with van der Waals surface area (Å²) in [4.78, 5) is 4.89. The fourth-order valence-electron chi connectivity index (χ4n) is 2.76. The van der Waals surface area contributed by atoms with Crippen molar-refractivity contribution in [2.45, 2.75) is 24.7 Å². The lowest BCUT2D eigenvalue weighted by Gasteiger charge is -2.29. The average Bonchev–Trinajstić information content (AvgIpc) is 3.01. The topological polar surface area (TPSA) is 47.6 Å². The van der Waals surface area contributed by atoms with Crippen LogP contribution in [0.25, 0.3) is 0 Å². The highest BCUT2D eigenvalue weighted by atomic mass is 35.5. The Morgan fingerprint density at radius 3 is 2.35 bits per heavy atom. The molecule has 3 nitrogen and oxygen atoms in total. The zero-order chi connectivity index (χ0) is 19.1. The summed E-state index contributed by atoms with van der Waals surface area (Å²) in [5.74, 6) is -0.542. The summed E-state index contributed by atoms with van der Waals surface area (Å²) in [6.45, 7) is -0.0951. The van der Waals surface area contributed by atoms with Gasteiger partial charge >= 0.3 is 6.18 Å². The Balaban J connectivity index is 2.04. The largest absolute Gasteiger partial charge is 0.435 e. The molecule has 1 aliphatic heterocycles. The van der Waals surface area contributed by atoms with Crippen molar-refractivity contribution < 1.29 is 22.4 Å². The van der Waals surface area contributed by atoms with Crippen LogP contribution < -0.4 is 5.73 Å². The number of nitrogens with two attached hydrogens (primary N) is 1. The maximum atomic E-state index is 13.9. The van der Waals surface area contributed by atoms with Gasteiger partial charge in [-0.15, -0.1) is 0 Å². The number of halogens is 6. The maximum Gasteiger partial charge on any atom is 0.435 e. The van der Waals surface area contributed by atoms with E-state index in [0.717, 1.165) is 18.2 Å². The van der Waals surface area contributed by atoms with E-state index >= 15 is 0 Å².